The van der Waals surface area contributed by atoms with Gasteiger partial charge >= 0.3 is 0 Å². The van der Waals surface area contributed by atoms with Crippen LogP contribution in [0.3, 0.4) is 0 Å². The lowest BCUT2D eigenvalue weighted by atomic mass is 9.80. The van der Waals surface area contributed by atoms with Gasteiger partial charge in [0.05, 0.1) is 0 Å². The van der Waals surface area contributed by atoms with Crippen molar-refractivity contribution in [2.24, 2.45) is 0 Å². The summed E-state index contributed by atoms with van der Waals surface area (Å²) in [6.45, 7) is 0. The van der Waals surface area contributed by atoms with Gasteiger partial charge in [0.15, 0.2) is 0 Å². The van der Waals surface area contributed by atoms with Crippen LogP contribution in [0.2, 0.25) is 0 Å². The molecule has 11 aromatic rings. The Morgan fingerprint density at radius 2 is 0.732 bits per heavy atom. The minimum absolute atomic E-state index is 1.20. The van der Waals surface area contributed by atoms with Gasteiger partial charge in [-0.15, -0.1) is 22.7 Å². The van der Waals surface area contributed by atoms with Crippen molar-refractivity contribution in [3.8, 4) is 77.9 Å². The predicted octanol–water partition coefficient (Wildman–Crippen LogP) is 15.8. The summed E-state index contributed by atoms with van der Waals surface area (Å²) in [7, 11) is 0. The van der Waals surface area contributed by atoms with E-state index in [0.717, 1.165) is 0 Å². The quantitative estimate of drug-likeness (QED) is 0.175. The van der Waals surface area contributed by atoms with E-state index in [-0.39, 0.29) is 0 Å². The van der Waals surface area contributed by atoms with E-state index in [2.05, 4.69) is 181 Å². The Balaban J connectivity index is 1.13. The van der Waals surface area contributed by atoms with E-state index in [1.807, 2.05) is 35.1 Å². The fraction of sp³-hybridized carbons (Fsp3) is 0. The molecule has 0 spiro atoms. The summed E-state index contributed by atoms with van der Waals surface area (Å²) in [6.07, 6.45) is 3.91. The first-order valence-electron chi connectivity index (χ1n) is 19.0. The molecule has 260 valence electrons. The molecule has 3 heteroatoms. The molecule has 0 aliphatic heterocycles. The van der Waals surface area contributed by atoms with Crippen molar-refractivity contribution in [3.63, 3.8) is 0 Å². The van der Waals surface area contributed by atoms with Gasteiger partial charge in [-0.2, -0.15) is 0 Å². The molecule has 0 amide bonds. The number of hydrogen-bond acceptors (Lipinski definition) is 3. The van der Waals surface area contributed by atoms with Gasteiger partial charge in [0.1, 0.15) is 0 Å². The minimum atomic E-state index is 1.20. The monoisotopic (exact) mass is 745 g/mol. The second kappa shape index (κ2) is 12.4. The molecule has 1 nitrogen and oxygen atoms in total. The Labute approximate surface area is 332 Å². The van der Waals surface area contributed by atoms with E-state index >= 15 is 0 Å². The highest BCUT2D eigenvalue weighted by atomic mass is 32.1. The number of rotatable bonds is 3. The lowest BCUT2D eigenvalue weighted by Gasteiger charge is -2.23. The van der Waals surface area contributed by atoms with Gasteiger partial charge in [-0.1, -0.05) is 140 Å². The summed E-state index contributed by atoms with van der Waals surface area (Å²) in [5, 5.41) is 5.09. The van der Waals surface area contributed by atoms with E-state index in [0.29, 0.717) is 0 Å². The van der Waals surface area contributed by atoms with Crippen molar-refractivity contribution in [1.82, 2.24) is 4.98 Å². The van der Waals surface area contributed by atoms with Crippen molar-refractivity contribution in [2.45, 2.75) is 0 Å². The van der Waals surface area contributed by atoms with E-state index in [1.165, 1.54) is 118 Å². The van der Waals surface area contributed by atoms with Crippen molar-refractivity contribution in [1.29, 1.82) is 0 Å². The minimum Gasteiger partial charge on any atom is -0.264 e. The van der Waals surface area contributed by atoms with E-state index in [1.54, 1.807) is 0 Å². The van der Waals surface area contributed by atoms with Gasteiger partial charge in [0.2, 0.25) is 0 Å². The second-order valence-corrected chi connectivity index (χ2v) is 16.7. The van der Waals surface area contributed by atoms with E-state index < -0.39 is 0 Å². The van der Waals surface area contributed by atoms with Crippen LogP contribution >= 0.6 is 22.7 Å². The maximum absolute atomic E-state index is 4.49. The molecule has 1 aliphatic carbocycles. The van der Waals surface area contributed by atoms with Gasteiger partial charge in [-0.05, 0) is 114 Å². The summed E-state index contributed by atoms with van der Waals surface area (Å²) in [4.78, 5) is 4.49. The van der Waals surface area contributed by atoms with Gasteiger partial charge in [-0.3, -0.25) is 4.98 Å². The molecule has 0 N–H and O–H groups in total. The van der Waals surface area contributed by atoms with Crippen LogP contribution in [0.15, 0.2) is 188 Å². The smallest absolute Gasteiger partial charge is 0.0434 e. The number of benzene rings is 8. The van der Waals surface area contributed by atoms with Crippen molar-refractivity contribution in [2.75, 3.05) is 0 Å². The van der Waals surface area contributed by atoms with Crippen LogP contribution < -0.4 is 0 Å². The number of aromatic nitrogens is 1. The Kier molecular flexibility index (Phi) is 7.04. The first-order valence-corrected chi connectivity index (χ1v) is 20.6. The number of thiophene rings is 2. The molecule has 0 bridgehead atoms. The van der Waals surface area contributed by atoms with Crippen LogP contribution in [0.25, 0.3) is 118 Å². The van der Waals surface area contributed by atoms with Crippen LogP contribution in [0.1, 0.15) is 0 Å². The molecule has 0 atom stereocenters. The summed E-state index contributed by atoms with van der Waals surface area (Å²) in [5.41, 5.74) is 17.4. The zero-order valence-corrected chi connectivity index (χ0v) is 31.8. The molecule has 3 aromatic heterocycles. The molecular formula is C53H31NS2. The molecule has 0 saturated heterocycles. The molecule has 1 aliphatic rings. The third-order valence-corrected chi connectivity index (χ3v) is 14.0. The zero-order chi connectivity index (χ0) is 36.7. The fourth-order valence-electron chi connectivity index (χ4n) is 8.99. The number of pyridine rings is 1. The van der Waals surface area contributed by atoms with Gasteiger partial charge in [-0.25, -0.2) is 0 Å². The summed E-state index contributed by atoms with van der Waals surface area (Å²) < 4.78 is 5.19. The average molecular weight is 746 g/mol. The number of hydrogen-bond donors (Lipinski definition) is 0. The highest BCUT2D eigenvalue weighted by Gasteiger charge is 2.23. The fourth-order valence-corrected chi connectivity index (χ4v) is 11.4. The largest absolute Gasteiger partial charge is 0.264 e. The van der Waals surface area contributed by atoms with Crippen LogP contribution in [0.4, 0.5) is 0 Å². The second-order valence-electron chi connectivity index (χ2n) is 14.6. The molecule has 12 rings (SSSR count). The molecule has 8 aromatic carbocycles. The normalized spacial score (nSPS) is 11.9. The molecule has 0 radical (unpaired) electrons. The van der Waals surface area contributed by atoms with Crippen molar-refractivity contribution >= 4 is 63.0 Å². The van der Waals surface area contributed by atoms with Crippen LogP contribution in [0, 0.1) is 0 Å². The predicted molar refractivity (Wildman–Crippen MR) is 242 cm³/mol. The number of nitrogens with zero attached hydrogens (tertiary/aromatic N) is 1. The van der Waals surface area contributed by atoms with Crippen LogP contribution in [0.5, 0.6) is 0 Å². The highest BCUT2D eigenvalue weighted by molar-refractivity contribution is 7.26. The standard InChI is InChI=1S/C53H31NS2/c1-2-12-39-38(11-1)40-13-3-4-15-42(40)44-24-23-32(30-48(44)43-16-6-5-14-41(39)43)33-27-34(36-18-9-20-46-45-17-7-8-22-50(45)55-52(36)46)29-35(28-33)37-19-10-21-47-49-31-54-26-25-51(49)56-53(37)47/h1-31H. The first-order chi connectivity index (χ1) is 27.8. The maximum Gasteiger partial charge on any atom is 0.0434 e. The summed E-state index contributed by atoms with van der Waals surface area (Å²) in [5.74, 6) is 0. The topological polar surface area (TPSA) is 12.9 Å². The number of fused-ring (bicyclic) bond motifs is 14. The van der Waals surface area contributed by atoms with Crippen molar-refractivity contribution < 1.29 is 0 Å². The van der Waals surface area contributed by atoms with Crippen LogP contribution in [-0.4, -0.2) is 4.98 Å². The molecule has 3 heterocycles. The molecular weight excluding hydrogens is 715 g/mol. The molecule has 56 heavy (non-hydrogen) atoms. The molecule has 0 fully saturated rings. The third-order valence-electron chi connectivity index (χ3n) is 11.6. The van der Waals surface area contributed by atoms with E-state index in [9.17, 15) is 0 Å². The molecule has 0 saturated carbocycles. The van der Waals surface area contributed by atoms with Crippen molar-refractivity contribution in [3.05, 3.63) is 188 Å². The molecule has 0 unspecified atom stereocenters. The maximum atomic E-state index is 4.49. The lowest BCUT2D eigenvalue weighted by molar-refractivity contribution is 1.37. The Morgan fingerprint density at radius 1 is 0.286 bits per heavy atom. The van der Waals surface area contributed by atoms with Crippen LogP contribution in [-0.2, 0) is 0 Å². The first kappa shape index (κ1) is 31.7. The van der Waals surface area contributed by atoms with E-state index in [4.69, 9.17) is 0 Å². The Hall–Kier alpha value is -6.65. The average Bonchev–Trinajstić information content (AvgIpc) is 3.84. The Bertz CT molecular complexity index is 3240. The third kappa shape index (κ3) is 4.81. The summed E-state index contributed by atoms with van der Waals surface area (Å²) >= 11 is 3.75. The SMILES string of the molecule is c1ccc2c(c1)-c1ccccc1-c1ccc(-c3cc(-c4cccc5c4sc4ccccc45)cc(-c4cccc5c4sc4ccncc45)c3)cc1-c1ccccc1-2. The van der Waals surface area contributed by atoms with Gasteiger partial charge in [0, 0.05) is 52.7 Å². The highest BCUT2D eigenvalue weighted by Crippen LogP contribution is 2.50. The summed E-state index contributed by atoms with van der Waals surface area (Å²) in [6, 6.07) is 65.5. The van der Waals surface area contributed by atoms with Gasteiger partial charge < -0.3 is 0 Å². The van der Waals surface area contributed by atoms with Gasteiger partial charge in [0.25, 0.3) is 0 Å². The Morgan fingerprint density at radius 3 is 1.34 bits per heavy atom. The zero-order valence-electron chi connectivity index (χ0n) is 30.2. The lowest BCUT2D eigenvalue weighted by Crippen LogP contribution is -1.97.